The molecule has 1 amide bonds. The van der Waals surface area contributed by atoms with Crippen molar-refractivity contribution in [2.75, 3.05) is 12.0 Å². The van der Waals surface area contributed by atoms with Crippen LogP contribution < -0.4 is 0 Å². The van der Waals surface area contributed by atoms with Crippen LogP contribution in [0, 0.1) is 0 Å². The van der Waals surface area contributed by atoms with Crippen molar-refractivity contribution in [2.24, 2.45) is 0 Å². The lowest BCUT2D eigenvalue weighted by Crippen LogP contribution is -2.48. The maximum Gasteiger partial charge on any atom is 0.326 e. The lowest BCUT2D eigenvalue weighted by atomic mass is 9.94. The fraction of sp³-hybridized carbons (Fsp3) is 0.429. The van der Waals surface area contributed by atoms with Gasteiger partial charge in [0, 0.05) is 25.6 Å². The first kappa shape index (κ1) is 15.5. The molecule has 0 bridgehead atoms. The number of carbonyl (C=O) groups is 2. The van der Waals surface area contributed by atoms with Crippen LogP contribution in [0.4, 0.5) is 0 Å². The molecule has 1 aromatic rings. The molecule has 114 valence electrons. The van der Waals surface area contributed by atoms with E-state index in [4.69, 9.17) is 0 Å². The van der Waals surface area contributed by atoms with E-state index in [1.807, 2.05) is 24.3 Å². The summed E-state index contributed by atoms with van der Waals surface area (Å²) in [5, 5.41) is 9.30. The van der Waals surface area contributed by atoms with Crippen LogP contribution >= 0.6 is 0 Å². The van der Waals surface area contributed by atoms with Gasteiger partial charge in [0.2, 0.25) is 5.91 Å². The molecule has 6 nitrogen and oxygen atoms in total. The summed E-state index contributed by atoms with van der Waals surface area (Å²) in [5.74, 6) is -1.78. The number of benzene rings is 1. The highest BCUT2D eigenvalue weighted by Crippen LogP contribution is 2.24. The molecule has 0 radical (unpaired) electrons. The van der Waals surface area contributed by atoms with E-state index >= 15 is 0 Å². The maximum atomic E-state index is 12.2. The summed E-state index contributed by atoms with van der Waals surface area (Å²) in [6.07, 6.45) is 1.11. The number of nitrogens with zero attached hydrogens (tertiary/aromatic N) is 1. The first-order valence-corrected chi connectivity index (χ1v) is 8.61. The van der Waals surface area contributed by atoms with Gasteiger partial charge in [-0.1, -0.05) is 24.3 Å². The van der Waals surface area contributed by atoms with E-state index in [-0.39, 0.29) is 25.1 Å². The summed E-state index contributed by atoms with van der Waals surface area (Å²) in [6.45, 7) is 0.204. The predicted octanol–water partition coefficient (Wildman–Crippen LogP) is 0.459. The largest absolute Gasteiger partial charge is 0.480 e. The van der Waals surface area contributed by atoms with Gasteiger partial charge in [-0.05, 0) is 11.1 Å². The van der Waals surface area contributed by atoms with Crippen LogP contribution in [0.5, 0.6) is 0 Å². The predicted molar refractivity (Wildman–Crippen MR) is 76.4 cm³/mol. The Kier molecular flexibility index (Phi) is 4.32. The molecule has 0 fully saturated rings. The molecule has 0 saturated carbocycles. The SMILES string of the molecule is CS(=O)(=O)CCC(=O)N1Cc2ccccc2CC1C(=O)O. The van der Waals surface area contributed by atoms with E-state index in [9.17, 15) is 23.1 Å². The smallest absolute Gasteiger partial charge is 0.326 e. The minimum Gasteiger partial charge on any atom is -0.480 e. The fourth-order valence-electron chi connectivity index (χ4n) is 2.42. The summed E-state index contributed by atoms with van der Waals surface area (Å²) in [4.78, 5) is 24.8. The Morgan fingerprint density at radius 3 is 2.48 bits per heavy atom. The Labute approximate surface area is 123 Å². The Balaban J connectivity index is 2.20. The van der Waals surface area contributed by atoms with Crippen molar-refractivity contribution in [2.45, 2.75) is 25.4 Å². The molecule has 1 unspecified atom stereocenters. The molecule has 0 spiro atoms. The topological polar surface area (TPSA) is 91.8 Å². The highest BCUT2D eigenvalue weighted by Gasteiger charge is 2.34. The van der Waals surface area contributed by atoms with Crippen molar-refractivity contribution in [1.29, 1.82) is 0 Å². The van der Waals surface area contributed by atoms with E-state index < -0.39 is 27.8 Å². The van der Waals surface area contributed by atoms with Crippen LogP contribution in [0.15, 0.2) is 24.3 Å². The normalized spacial score (nSPS) is 18.1. The highest BCUT2D eigenvalue weighted by molar-refractivity contribution is 7.90. The standard InChI is InChI=1S/C14H17NO5S/c1-21(19,20)7-6-13(16)15-9-11-5-3-2-4-10(11)8-12(15)14(17)18/h2-5,12H,6-9H2,1H3,(H,17,18). The van der Waals surface area contributed by atoms with Crippen molar-refractivity contribution < 1.29 is 23.1 Å². The van der Waals surface area contributed by atoms with E-state index in [1.165, 1.54) is 4.90 Å². The van der Waals surface area contributed by atoms with E-state index in [1.54, 1.807) is 0 Å². The van der Waals surface area contributed by atoms with E-state index in [0.717, 1.165) is 17.4 Å². The zero-order valence-electron chi connectivity index (χ0n) is 11.7. The average Bonchev–Trinajstić information content (AvgIpc) is 2.42. The Morgan fingerprint density at radius 1 is 1.29 bits per heavy atom. The third-order valence-corrected chi connectivity index (χ3v) is 4.49. The number of hydrogen-bond acceptors (Lipinski definition) is 4. The molecule has 0 aliphatic carbocycles. The van der Waals surface area contributed by atoms with Crippen LogP contribution in [-0.4, -0.2) is 48.4 Å². The molecule has 2 rings (SSSR count). The fourth-order valence-corrected chi connectivity index (χ4v) is 2.97. The summed E-state index contributed by atoms with van der Waals surface area (Å²) < 4.78 is 22.3. The van der Waals surface area contributed by atoms with E-state index in [2.05, 4.69) is 0 Å². The van der Waals surface area contributed by atoms with Crippen LogP contribution in [-0.2, 0) is 32.4 Å². The second-order valence-electron chi connectivity index (χ2n) is 5.23. The summed E-state index contributed by atoms with van der Waals surface area (Å²) in [5.41, 5.74) is 1.82. The Bertz CT molecular complexity index is 668. The van der Waals surface area contributed by atoms with E-state index in [0.29, 0.717) is 0 Å². The lowest BCUT2D eigenvalue weighted by molar-refractivity contribution is -0.151. The van der Waals surface area contributed by atoms with Gasteiger partial charge < -0.3 is 10.0 Å². The van der Waals surface area contributed by atoms with Gasteiger partial charge in [0.25, 0.3) is 0 Å². The number of amides is 1. The number of carboxylic acid groups (broad SMARTS) is 1. The van der Waals surface area contributed by atoms with Gasteiger partial charge in [-0.25, -0.2) is 13.2 Å². The Hall–Kier alpha value is -1.89. The zero-order valence-corrected chi connectivity index (χ0v) is 12.5. The first-order valence-electron chi connectivity index (χ1n) is 6.55. The average molecular weight is 311 g/mol. The maximum absolute atomic E-state index is 12.2. The molecule has 1 N–H and O–H groups in total. The van der Waals surface area contributed by atoms with Gasteiger partial charge >= 0.3 is 5.97 Å². The van der Waals surface area contributed by atoms with Gasteiger partial charge in [0.1, 0.15) is 15.9 Å². The number of rotatable bonds is 4. The van der Waals surface area contributed by atoms with Crippen LogP contribution in [0.3, 0.4) is 0 Å². The molecule has 1 aliphatic rings. The van der Waals surface area contributed by atoms with Crippen LogP contribution in [0.1, 0.15) is 17.5 Å². The van der Waals surface area contributed by atoms with Crippen molar-refractivity contribution in [1.82, 2.24) is 4.90 Å². The monoisotopic (exact) mass is 311 g/mol. The number of aliphatic carboxylic acids is 1. The minimum atomic E-state index is -3.25. The van der Waals surface area contributed by atoms with Crippen LogP contribution in [0.2, 0.25) is 0 Å². The Morgan fingerprint density at radius 2 is 1.90 bits per heavy atom. The second kappa shape index (κ2) is 5.85. The lowest BCUT2D eigenvalue weighted by Gasteiger charge is -2.34. The third kappa shape index (κ3) is 3.81. The van der Waals surface area contributed by atoms with Gasteiger partial charge in [0.05, 0.1) is 5.75 Å². The first-order chi connectivity index (χ1) is 9.78. The molecule has 0 saturated heterocycles. The summed E-state index contributed by atoms with van der Waals surface area (Å²) >= 11 is 0. The number of carboxylic acids is 1. The number of carbonyl (C=O) groups excluding carboxylic acids is 1. The molecule has 21 heavy (non-hydrogen) atoms. The third-order valence-electron chi connectivity index (χ3n) is 3.54. The number of hydrogen-bond donors (Lipinski definition) is 1. The quantitative estimate of drug-likeness (QED) is 0.872. The molecule has 1 atom stereocenters. The van der Waals surface area contributed by atoms with Gasteiger partial charge in [-0.3, -0.25) is 4.79 Å². The van der Waals surface area contributed by atoms with Gasteiger partial charge in [0.15, 0.2) is 0 Å². The van der Waals surface area contributed by atoms with Crippen molar-refractivity contribution >= 4 is 21.7 Å². The van der Waals surface area contributed by atoms with Crippen LogP contribution in [0.25, 0.3) is 0 Å². The minimum absolute atomic E-state index is 0.190. The van der Waals surface area contributed by atoms with Crippen molar-refractivity contribution in [3.8, 4) is 0 Å². The molecule has 0 aromatic heterocycles. The highest BCUT2D eigenvalue weighted by atomic mass is 32.2. The number of sulfone groups is 1. The van der Waals surface area contributed by atoms with Gasteiger partial charge in [-0.2, -0.15) is 0 Å². The molecule has 1 heterocycles. The summed E-state index contributed by atoms with van der Waals surface area (Å²) in [6, 6.07) is 6.43. The molecule has 1 aliphatic heterocycles. The van der Waals surface area contributed by atoms with Crippen molar-refractivity contribution in [3.05, 3.63) is 35.4 Å². The molecular weight excluding hydrogens is 294 g/mol. The zero-order chi connectivity index (χ0) is 15.6. The molecule has 7 heteroatoms. The van der Waals surface area contributed by atoms with Crippen molar-refractivity contribution in [3.63, 3.8) is 0 Å². The van der Waals surface area contributed by atoms with Gasteiger partial charge in [-0.15, -0.1) is 0 Å². The summed E-state index contributed by atoms with van der Waals surface area (Å²) in [7, 11) is -3.25. The second-order valence-corrected chi connectivity index (χ2v) is 7.49. The molecular formula is C14H17NO5S. The molecule has 1 aromatic carbocycles. The number of fused-ring (bicyclic) bond motifs is 1.